The summed E-state index contributed by atoms with van der Waals surface area (Å²) >= 11 is 0. The zero-order valence-electron chi connectivity index (χ0n) is 10.0. The number of carbonyl (C=O) groups is 2. The Bertz CT molecular complexity index is 440. The Morgan fingerprint density at radius 1 is 1.61 bits per heavy atom. The lowest BCUT2D eigenvalue weighted by Gasteiger charge is -2.26. The molecule has 0 bridgehead atoms. The maximum atomic E-state index is 11.7. The summed E-state index contributed by atoms with van der Waals surface area (Å²) < 4.78 is 6.14. The number of aromatic nitrogens is 3. The van der Waals surface area contributed by atoms with Crippen molar-refractivity contribution in [2.45, 2.75) is 12.5 Å². The van der Waals surface area contributed by atoms with Crippen molar-refractivity contribution in [3.05, 3.63) is 11.9 Å². The summed E-state index contributed by atoms with van der Waals surface area (Å²) in [7, 11) is 1.31. The average Bonchev–Trinajstić information content (AvgIpc) is 2.75. The van der Waals surface area contributed by atoms with Crippen molar-refractivity contribution in [3.8, 4) is 0 Å². The van der Waals surface area contributed by atoms with E-state index in [1.165, 1.54) is 7.11 Å². The molecule has 8 nitrogen and oxygen atoms in total. The number of nitrogens with zero attached hydrogens (tertiary/aromatic N) is 3. The lowest BCUT2D eigenvalue weighted by Crippen LogP contribution is -2.43. The number of methoxy groups -OCH3 is 1. The molecule has 1 amide bonds. The normalized spacial score (nSPS) is 14.9. The van der Waals surface area contributed by atoms with Crippen molar-refractivity contribution >= 4 is 11.9 Å². The van der Waals surface area contributed by atoms with E-state index in [9.17, 15) is 9.59 Å². The Kier molecular flexibility index (Phi) is 3.88. The third kappa shape index (κ3) is 2.83. The number of esters is 1. The highest BCUT2D eigenvalue weighted by molar-refractivity contribution is 5.92. The highest BCUT2D eigenvalue weighted by Crippen LogP contribution is 2.09. The maximum Gasteiger partial charge on any atom is 0.307 e. The number of carbonyl (C=O) groups excluding carboxylic acids is 2. The molecular formula is C10H15N5O3. The van der Waals surface area contributed by atoms with Crippen LogP contribution < -0.4 is 10.6 Å². The molecule has 2 heterocycles. The quantitative estimate of drug-likeness (QED) is 0.634. The molecule has 0 atom stereocenters. The summed E-state index contributed by atoms with van der Waals surface area (Å²) in [5, 5.41) is 13.4. The highest BCUT2D eigenvalue weighted by atomic mass is 16.5. The zero-order valence-corrected chi connectivity index (χ0v) is 10.0. The molecule has 1 aliphatic heterocycles. The van der Waals surface area contributed by atoms with Crippen LogP contribution in [0.2, 0.25) is 0 Å². The zero-order chi connectivity index (χ0) is 13.0. The molecule has 1 aromatic heterocycles. The smallest absolute Gasteiger partial charge is 0.307 e. The van der Waals surface area contributed by atoms with Gasteiger partial charge in [-0.2, -0.15) is 0 Å². The molecule has 18 heavy (non-hydrogen) atoms. The van der Waals surface area contributed by atoms with E-state index in [0.29, 0.717) is 0 Å². The Balaban J connectivity index is 1.81. The van der Waals surface area contributed by atoms with Crippen LogP contribution in [0, 0.1) is 0 Å². The van der Waals surface area contributed by atoms with Crippen molar-refractivity contribution in [3.63, 3.8) is 0 Å². The van der Waals surface area contributed by atoms with Crippen LogP contribution in [0.5, 0.6) is 0 Å². The third-order valence-corrected chi connectivity index (χ3v) is 2.72. The first kappa shape index (κ1) is 12.5. The molecule has 0 unspecified atom stereocenters. The molecule has 0 saturated carbocycles. The Morgan fingerprint density at radius 3 is 3.00 bits per heavy atom. The second-order valence-corrected chi connectivity index (χ2v) is 3.98. The molecule has 2 rings (SSSR count). The fraction of sp³-hybridized carbons (Fsp3) is 0.600. The summed E-state index contributed by atoms with van der Waals surface area (Å²) in [5.41, 5.74) is 0.256. The number of nitrogens with one attached hydrogen (secondary N) is 2. The van der Waals surface area contributed by atoms with Gasteiger partial charge in [-0.1, -0.05) is 5.21 Å². The molecule has 98 valence electrons. The fourth-order valence-electron chi connectivity index (χ4n) is 1.49. The lowest BCUT2D eigenvalue weighted by atomic mass is 10.2. The Labute approximate surface area is 104 Å². The fourth-order valence-corrected chi connectivity index (χ4v) is 1.49. The minimum absolute atomic E-state index is 0.142. The van der Waals surface area contributed by atoms with Gasteiger partial charge < -0.3 is 15.4 Å². The van der Waals surface area contributed by atoms with E-state index in [0.717, 1.165) is 13.1 Å². The van der Waals surface area contributed by atoms with Crippen molar-refractivity contribution in [2.75, 3.05) is 26.7 Å². The maximum absolute atomic E-state index is 11.7. The largest absolute Gasteiger partial charge is 0.469 e. The van der Waals surface area contributed by atoms with Crippen LogP contribution in [-0.4, -0.2) is 53.6 Å². The van der Waals surface area contributed by atoms with Gasteiger partial charge in [0.05, 0.1) is 25.8 Å². The van der Waals surface area contributed by atoms with Gasteiger partial charge >= 0.3 is 5.97 Å². The van der Waals surface area contributed by atoms with E-state index in [4.69, 9.17) is 0 Å². The highest BCUT2D eigenvalue weighted by Gasteiger charge is 2.21. The number of hydrogen-bond acceptors (Lipinski definition) is 6. The van der Waals surface area contributed by atoms with Gasteiger partial charge in [-0.15, -0.1) is 5.10 Å². The molecule has 2 N–H and O–H groups in total. The lowest BCUT2D eigenvalue weighted by molar-refractivity contribution is -0.140. The van der Waals surface area contributed by atoms with Crippen LogP contribution in [0.25, 0.3) is 0 Å². The van der Waals surface area contributed by atoms with Crippen LogP contribution in [0.4, 0.5) is 0 Å². The summed E-state index contributed by atoms with van der Waals surface area (Å²) in [4.78, 5) is 22.5. The van der Waals surface area contributed by atoms with Gasteiger partial charge in [0.15, 0.2) is 5.69 Å². The number of rotatable bonds is 5. The van der Waals surface area contributed by atoms with Gasteiger partial charge in [0, 0.05) is 19.6 Å². The number of hydrogen-bond donors (Lipinski definition) is 2. The predicted molar refractivity (Wildman–Crippen MR) is 60.9 cm³/mol. The molecule has 0 spiro atoms. The minimum Gasteiger partial charge on any atom is -0.469 e. The minimum atomic E-state index is -0.362. The van der Waals surface area contributed by atoms with Crippen LogP contribution >= 0.6 is 0 Å². The summed E-state index contributed by atoms with van der Waals surface area (Å²) in [6.07, 6.45) is 1.75. The Morgan fingerprint density at radius 2 is 2.39 bits per heavy atom. The number of amides is 1. The number of ether oxygens (including phenoxy) is 1. The second kappa shape index (κ2) is 5.58. The van der Waals surface area contributed by atoms with Gasteiger partial charge in [-0.05, 0) is 0 Å². The first-order valence-corrected chi connectivity index (χ1v) is 5.68. The van der Waals surface area contributed by atoms with Crippen molar-refractivity contribution in [1.29, 1.82) is 0 Å². The molecule has 1 saturated heterocycles. The second-order valence-electron chi connectivity index (χ2n) is 3.98. The summed E-state index contributed by atoms with van der Waals surface area (Å²) in [6, 6.07) is 0.272. The van der Waals surface area contributed by atoms with Gasteiger partial charge in [-0.3, -0.25) is 9.59 Å². The van der Waals surface area contributed by atoms with E-state index >= 15 is 0 Å². The first-order chi connectivity index (χ1) is 8.70. The van der Waals surface area contributed by atoms with Crippen LogP contribution in [0.1, 0.15) is 23.0 Å². The first-order valence-electron chi connectivity index (χ1n) is 5.68. The van der Waals surface area contributed by atoms with Crippen LogP contribution in [0.3, 0.4) is 0 Å². The molecule has 0 aliphatic carbocycles. The van der Waals surface area contributed by atoms with E-state index < -0.39 is 0 Å². The van der Waals surface area contributed by atoms with E-state index in [1.807, 2.05) is 0 Å². The SMILES string of the molecule is COC(=O)CCNC(=O)c1cn(C2CNC2)nn1. The standard InChI is InChI=1S/C10H15N5O3/c1-18-9(16)2-3-12-10(17)8-6-15(14-13-8)7-4-11-5-7/h6-7,11H,2-5H2,1H3,(H,12,17). The van der Waals surface area contributed by atoms with Crippen molar-refractivity contribution in [1.82, 2.24) is 25.6 Å². The average molecular weight is 253 g/mol. The van der Waals surface area contributed by atoms with Gasteiger partial charge in [-0.25, -0.2) is 4.68 Å². The monoisotopic (exact) mass is 253 g/mol. The molecule has 8 heteroatoms. The van der Waals surface area contributed by atoms with Gasteiger partial charge in [0.1, 0.15) is 0 Å². The van der Waals surface area contributed by atoms with Crippen molar-refractivity contribution in [2.24, 2.45) is 0 Å². The predicted octanol–water partition coefficient (Wildman–Crippen LogP) is -1.28. The Hall–Kier alpha value is -1.96. The molecular weight excluding hydrogens is 238 g/mol. The molecule has 1 aliphatic rings. The van der Waals surface area contributed by atoms with Crippen molar-refractivity contribution < 1.29 is 14.3 Å². The molecule has 1 aromatic rings. The summed E-state index contributed by atoms with van der Waals surface area (Å²) in [5.74, 6) is -0.697. The molecule has 1 fully saturated rings. The van der Waals surface area contributed by atoms with Gasteiger partial charge in [0.25, 0.3) is 5.91 Å². The topological polar surface area (TPSA) is 98.1 Å². The summed E-state index contributed by atoms with van der Waals surface area (Å²) in [6.45, 7) is 1.91. The molecule has 0 aromatic carbocycles. The van der Waals surface area contributed by atoms with Gasteiger partial charge in [0.2, 0.25) is 0 Å². The van der Waals surface area contributed by atoms with E-state index in [1.54, 1.807) is 10.9 Å². The van der Waals surface area contributed by atoms with Crippen LogP contribution in [-0.2, 0) is 9.53 Å². The third-order valence-electron chi connectivity index (χ3n) is 2.72. The van der Waals surface area contributed by atoms with E-state index in [2.05, 4.69) is 25.7 Å². The van der Waals surface area contributed by atoms with E-state index in [-0.39, 0.29) is 36.6 Å². The molecule has 0 radical (unpaired) electrons. The van der Waals surface area contributed by atoms with Crippen LogP contribution in [0.15, 0.2) is 6.20 Å².